The van der Waals surface area contributed by atoms with Gasteiger partial charge in [-0.2, -0.15) is 0 Å². The van der Waals surface area contributed by atoms with Crippen molar-refractivity contribution in [2.45, 2.75) is 38.5 Å². The van der Waals surface area contributed by atoms with Crippen LogP contribution in [0.15, 0.2) is 127 Å². The van der Waals surface area contributed by atoms with Crippen LogP contribution in [0.2, 0.25) is 0 Å². The summed E-state index contributed by atoms with van der Waals surface area (Å²) in [5.41, 5.74) is 14.1. The Morgan fingerprint density at radius 3 is 2.39 bits per heavy atom. The molecule has 0 N–H and O–H groups in total. The fourth-order valence-corrected chi connectivity index (χ4v) is 6.55. The molecule has 2 unspecified atom stereocenters. The van der Waals surface area contributed by atoms with Gasteiger partial charge in [0.2, 0.25) is 0 Å². The molecule has 2 aliphatic carbocycles. The van der Waals surface area contributed by atoms with Gasteiger partial charge in [0.15, 0.2) is 0 Å². The summed E-state index contributed by atoms with van der Waals surface area (Å²) in [4.78, 5) is 0. The first-order valence-corrected chi connectivity index (χ1v) is 13.6. The van der Waals surface area contributed by atoms with Crippen LogP contribution in [0, 0.1) is 0 Å². The summed E-state index contributed by atoms with van der Waals surface area (Å²) >= 11 is 0. The molecule has 0 saturated carbocycles. The van der Waals surface area contributed by atoms with Crippen LogP contribution < -0.4 is 0 Å². The molecule has 0 aromatic heterocycles. The molecule has 0 fully saturated rings. The summed E-state index contributed by atoms with van der Waals surface area (Å²) in [7, 11) is 0. The van der Waals surface area contributed by atoms with E-state index in [1.54, 1.807) is 0 Å². The lowest BCUT2D eigenvalue weighted by Gasteiger charge is -2.36. The molecule has 6 rings (SSSR count). The van der Waals surface area contributed by atoms with Gasteiger partial charge in [0, 0.05) is 0 Å². The second-order valence-electron chi connectivity index (χ2n) is 10.7. The summed E-state index contributed by atoms with van der Waals surface area (Å²) in [5.74, 6) is 0.392. The van der Waals surface area contributed by atoms with Crippen molar-refractivity contribution in [3.8, 4) is 11.1 Å². The molecule has 4 aromatic rings. The van der Waals surface area contributed by atoms with Gasteiger partial charge < -0.3 is 0 Å². The highest BCUT2D eigenvalue weighted by Gasteiger charge is 2.47. The number of rotatable bonds is 4. The Labute approximate surface area is 227 Å². The minimum absolute atomic E-state index is 0.344. The molecule has 0 nitrogen and oxygen atoms in total. The van der Waals surface area contributed by atoms with Crippen LogP contribution in [-0.4, -0.2) is 0 Å². The van der Waals surface area contributed by atoms with E-state index in [-0.39, 0.29) is 5.41 Å². The van der Waals surface area contributed by atoms with E-state index in [2.05, 4.69) is 149 Å². The molecular weight excluding hydrogens is 456 g/mol. The maximum absolute atomic E-state index is 4.17. The third kappa shape index (κ3) is 3.75. The average Bonchev–Trinajstić information content (AvgIpc) is 3.22. The van der Waals surface area contributed by atoms with Crippen LogP contribution in [-0.2, 0) is 11.8 Å². The zero-order valence-electron chi connectivity index (χ0n) is 22.5. The predicted molar refractivity (Wildman–Crippen MR) is 163 cm³/mol. The Bertz CT molecular complexity index is 1640. The molecule has 0 heteroatoms. The van der Waals surface area contributed by atoms with Crippen molar-refractivity contribution in [2.24, 2.45) is 0 Å². The normalized spacial score (nSPS) is 19.8. The zero-order chi connectivity index (χ0) is 26.3. The second-order valence-corrected chi connectivity index (χ2v) is 10.7. The topological polar surface area (TPSA) is 0 Å². The quantitative estimate of drug-likeness (QED) is 0.250. The summed E-state index contributed by atoms with van der Waals surface area (Å²) in [6, 6.07) is 34.0. The Kier molecular flexibility index (Phi) is 6.12. The summed E-state index contributed by atoms with van der Waals surface area (Å²) in [5, 5.41) is 0. The van der Waals surface area contributed by atoms with Gasteiger partial charge in [0.05, 0.1) is 5.41 Å². The fourth-order valence-electron chi connectivity index (χ4n) is 6.55. The third-order valence-electron chi connectivity index (χ3n) is 8.31. The minimum Gasteiger partial charge on any atom is -0.0955 e. The number of fused-ring (bicyclic) bond motifs is 6. The van der Waals surface area contributed by atoms with E-state index in [0.717, 1.165) is 12.0 Å². The molecule has 0 aliphatic heterocycles. The van der Waals surface area contributed by atoms with E-state index in [4.69, 9.17) is 0 Å². The van der Waals surface area contributed by atoms with Gasteiger partial charge in [-0.1, -0.05) is 128 Å². The van der Waals surface area contributed by atoms with Crippen LogP contribution in [0.4, 0.5) is 0 Å². The maximum Gasteiger partial charge on any atom is 0.0713 e. The number of allylic oxidation sites excluding steroid dienone is 6. The van der Waals surface area contributed by atoms with E-state index in [1.807, 2.05) is 0 Å². The van der Waals surface area contributed by atoms with E-state index in [9.17, 15) is 0 Å². The number of benzene rings is 4. The maximum atomic E-state index is 4.17. The number of hydrogen-bond acceptors (Lipinski definition) is 0. The fraction of sp³-hybridized carbons (Fsp3) is 0.158. The second kappa shape index (κ2) is 9.62. The Hall–Kier alpha value is -4.16. The Balaban J connectivity index is 1.66. The molecule has 186 valence electrons. The first kappa shape index (κ1) is 24.2. The Morgan fingerprint density at radius 2 is 1.58 bits per heavy atom. The first-order chi connectivity index (χ1) is 18.5. The van der Waals surface area contributed by atoms with Crippen LogP contribution >= 0.6 is 0 Å². The van der Waals surface area contributed by atoms with Gasteiger partial charge in [-0.3, -0.25) is 0 Å². The largest absolute Gasteiger partial charge is 0.0955 e. The van der Waals surface area contributed by atoms with Gasteiger partial charge in [0.25, 0.3) is 0 Å². The molecule has 0 saturated heterocycles. The molecule has 0 heterocycles. The van der Waals surface area contributed by atoms with Gasteiger partial charge in [-0.05, 0) is 94.0 Å². The lowest BCUT2D eigenvalue weighted by Crippen LogP contribution is -2.30. The van der Waals surface area contributed by atoms with E-state index < -0.39 is 0 Å². The minimum atomic E-state index is -0.344. The first-order valence-electron chi connectivity index (χ1n) is 13.6. The van der Waals surface area contributed by atoms with Crippen molar-refractivity contribution in [3.05, 3.63) is 166 Å². The highest BCUT2D eigenvalue weighted by molar-refractivity contribution is 5.82. The van der Waals surface area contributed by atoms with Crippen LogP contribution in [0.25, 0.3) is 22.8 Å². The summed E-state index contributed by atoms with van der Waals surface area (Å²) < 4.78 is 0. The molecule has 0 amide bonds. The molecular formula is C38H34. The van der Waals surface area contributed by atoms with Crippen LogP contribution in [0.3, 0.4) is 0 Å². The van der Waals surface area contributed by atoms with Gasteiger partial charge >= 0.3 is 0 Å². The van der Waals surface area contributed by atoms with Crippen molar-refractivity contribution in [1.29, 1.82) is 0 Å². The third-order valence-corrected chi connectivity index (χ3v) is 8.31. The van der Waals surface area contributed by atoms with Crippen molar-refractivity contribution in [2.75, 3.05) is 0 Å². The smallest absolute Gasteiger partial charge is 0.0713 e. The Morgan fingerprint density at radius 1 is 0.816 bits per heavy atom. The van der Waals surface area contributed by atoms with Gasteiger partial charge in [-0.15, -0.1) is 0 Å². The standard InChI is InChI=1S/C38H34/c1-5-6-7-17-33-24-32-14-9-11-19-36(32)38(33)35-18-10-8-13-31(35)22-27(4)34-25-30(20-21-37(34)38)29-16-12-15-28(23-29)26(2)3/h5-21,23-25,27H,2,22H2,1,3-4H3/b6-5-,17-7-. The van der Waals surface area contributed by atoms with E-state index in [0.29, 0.717) is 5.92 Å². The van der Waals surface area contributed by atoms with E-state index in [1.165, 1.54) is 55.6 Å². The summed E-state index contributed by atoms with van der Waals surface area (Å²) in [6.45, 7) is 10.7. The van der Waals surface area contributed by atoms with Crippen molar-refractivity contribution < 1.29 is 0 Å². The molecule has 0 bridgehead atoms. The highest BCUT2D eigenvalue weighted by atomic mass is 14.5. The van der Waals surface area contributed by atoms with E-state index >= 15 is 0 Å². The zero-order valence-corrected chi connectivity index (χ0v) is 22.5. The lowest BCUT2D eigenvalue weighted by molar-refractivity contribution is 0.744. The molecule has 0 radical (unpaired) electrons. The SMILES string of the molecule is C=C(C)c1cccc(-c2ccc3c(c2)C(C)Cc2ccccc2C32C(/C=C\C=C/C)=Cc3ccccc32)c1. The molecule has 4 aromatic carbocycles. The molecule has 2 atom stereocenters. The number of hydrogen-bond donors (Lipinski definition) is 0. The monoisotopic (exact) mass is 490 g/mol. The van der Waals surface area contributed by atoms with Crippen molar-refractivity contribution in [3.63, 3.8) is 0 Å². The molecule has 2 aliphatic rings. The predicted octanol–water partition coefficient (Wildman–Crippen LogP) is 9.91. The van der Waals surface area contributed by atoms with Gasteiger partial charge in [0.1, 0.15) is 0 Å². The molecule has 1 spiro atoms. The lowest BCUT2D eigenvalue weighted by atomic mass is 9.65. The van der Waals surface area contributed by atoms with Crippen LogP contribution in [0.1, 0.15) is 65.6 Å². The molecule has 38 heavy (non-hydrogen) atoms. The average molecular weight is 491 g/mol. The van der Waals surface area contributed by atoms with Crippen LogP contribution in [0.5, 0.6) is 0 Å². The summed E-state index contributed by atoms with van der Waals surface area (Å²) in [6.07, 6.45) is 12.1. The highest BCUT2D eigenvalue weighted by Crippen LogP contribution is 2.56. The van der Waals surface area contributed by atoms with Crippen molar-refractivity contribution in [1.82, 2.24) is 0 Å². The van der Waals surface area contributed by atoms with Gasteiger partial charge in [-0.25, -0.2) is 0 Å². The van der Waals surface area contributed by atoms with Crippen molar-refractivity contribution >= 4 is 11.6 Å².